The summed E-state index contributed by atoms with van der Waals surface area (Å²) < 4.78 is 19.2. The highest BCUT2D eigenvalue weighted by molar-refractivity contribution is 5.69. The maximum atomic E-state index is 6.10. The molecule has 5 heteroatoms. The van der Waals surface area contributed by atoms with Gasteiger partial charge in [-0.05, 0) is 35.4 Å². The second-order valence-corrected chi connectivity index (χ2v) is 7.20. The van der Waals surface area contributed by atoms with Gasteiger partial charge in [-0.3, -0.25) is 0 Å². The lowest BCUT2D eigenvalue weighted by atomic mass is 10.1. The fourth-order valence-electron chi connectivity index (χ4n) is 3.57. The van der Waals surface area contributed by atoms with E-state index in [4.69, 9.17) is 19.2 Å². The van der Waals surface area contributed by atoms with Gasteiger partial charge in [-0.15, -0.1) is 0 Å². The maximum absolute atomic E-state index is 6.10. The van der Waals surface area contributed by atoms with E-state index in [-0.39, 0.29) is 0 Å². The molecule has 1 aromatic heterocycles. The second-order valence-electron chi connectivity index (χ2n) is 7.20. The van der Waals surface area contributed by atoms with E-state index >= 15 is 0 Å². The van der Waals surface area contributed by atoms with Crippen LogP contribution in [0.3, 0.4) is 0 Å². The molecular weight excluding hydrogens is 388 g/mol. The zero-order chi connectivity index (χ0) is 21.5. The molecular formula is C26H26N2O3. The van der Waals surface area contributed by atoms with Gasteiger partial charge in [0, 0.05) is 12.1 Å². The van der Waals surface area contributed by atoms with Gasteiger partial charge < -0.3 is 18.8 Å². The Labute approximate surface area is 182 Å². The van der Waals surface area contributed by atoms with Crippen LogP contribution in [0.15, 0.2) is 85.2 Å². The van der Waals surface area contributed by atoms with Crippen LogP contribution in [0.2, 0.25) is 0 Å². The molecule has 4 rings (SSSR count). The lowest BCUT2D eigenvalue weighted by Gasteiger charge is -2.13. The van der Waals surface area contributed by atoms with Crippen LogP contribution in [-0.4, -0.2) is 23.8 Å². The zero-order valence-electron chi connectivity index (χ0n) is 17.8. The lowest BCUT2D eigenvalue weighted by Crippen LogP contribution is -2.07. The number of benzene rings is 3. The molecule has 0 atom stereocenters. The third-order valence-corrected chi connectivity index (χ3v) is 5.15. The topological polar surface area (TPSA) is 45.5 Å². The summed E-state index contributed by atoms with van der Waals surface area (Å²) in [5.41, 5.74) is 5.09. The number of para-hydroxylation sites is 1. The molecule has 0 saturated heterocycles. The molecule has 1 heterocycles. The summed E-state index contributed by atoms with van der Waals surface area (Å²) in [7, 11) is 3.36. The van der Waals surface area contributed by atoms with Crippen LogP contribution in [-0.2, 0) is 24.5 Å². The molecule has 3 aromatic carbocycles. The number of rotatable bonds is 9. The molecule has 5 nitrogen and oxygen atoms in total. The summed E-state index contributed by atoms with van der Waals surface area (Å²) in [6, 6.07) is 26.2. The van der Waals surface area contributed by atoms with Gasteiger partial charge in [-0.1, -0.05) is 54.6 Å². The Bertz CT molecular complexity index is 1120. The van der Waals surface area contributed by atoms with Crippen molar-refractivity contribution in [3.8, 4) is 22.8 Å². The van der Waals surface area contributed by atoms with E-state index in [0.717, 1.165) is 39.6 Å². The third kappa shape index (κ3) is 4.95. The van der Waals surface area contributed by atoms with Crippen molar-refractivity contribution in [3.63, 3.8) is 0 Å². The molecule has 0 fully saturated rings. The summed E-state index contributed by atoms with van der Waals surface area (Å²) >= 11 is 0. The smallest absolute Gasteiger partial charge is 0.128 e. The van der Waals surface area contributed by atoms with Crippen LogP contribution >= 0.6 is 0 Å². The first-order valence-corrected chi connectivity index (χ1v) is 10.2. The van der Waals surface area contributed by atoms with Gasteiger partial charge in [0.2, 0.25) is 0 Å². The van der Waals surface area contributed by atoms with Crippen molar-refractivity contribution in [1.82, 2.24) is 9.55 Å². The molecule has 0 aliphatic rings. The summed E-state index contributed by atoms with van der Waals surface area (Å²) in [6.07, 6.45) is 1.86. The number of hydrogen-bond acceptors (Lipinski definition) is 4. The average Bonchev–Trinajstić information content (AvgIpc) is 3.22. The number of imidazole rings is 1. The minimum Gasteiger partial charge on any atom is -0.497 e. The molecule has 31 heavy (non-hydrogen) atoms. The Kier molecular flexibility index (Phi) is 6.65. The summed E-state index contributed by atoms with van der Waals surface area (Å²) in [6.45, 7) is 1.65. The van der Waals surface area contributed by atoms with Gasteiger partial charge in [0.05, 0.1) is 45.1 Å². The van der Waals surface area contributed by atoms with Crippen LogP contribution in [0.5, 0.6) is 11.5 Å². The van der Waals surface area contributed by atoms with E-state index < -0.39 is 0 Å². The number of nitrogens with zero attached hydrogens (tertiary/aromatic N) is 2. The summed E-state index contributed by atoms with van der Waals surface area (Å²) in [5, 5.41) is 0. The summed E-state index contributed by atoms with van der Waals surface area (Å²) in [4.78, 5) is 4.73. The molecule has 0 aliphatic heterocycles. The minimum absolute atomic E-state index is 0.437. The molecule has 0 amide bonds. The van der Waals surface area contributed by atoms with Gasteiger partial charge in [-0.2, -0.15) is 0 Å². The molecule has 0 radical (unpaired) electrons. The van der Waals surface area contributed by atoms with E-state index in [2.05, 4.69) is 22.8 Å². The lowest BCUT2D eigenvalue weighted by molar-refractivity contribution is 0.103. The fourth-order valence-corrected chi connectivity index (χ4v) is 3.57. The first kappa shape index (κ1) is 20.7. The number of ether oxygens (including phenoxy) is 3. The molecule has 158 valence electrons. The predicted molar refractivity (Wildman–Crippen MR) is 121 cm³/mol. The number of hydrogen-bond donors (Lipinski definition) is 0. The molecule has 0 unspecified atom stereocenters. The highest BCUT2D eigenvalue weighted by Crippen LogP contribution is 2.32. The molecule has 0 spiro atoms. The van der Waals surface area contributed by atoms with Gasteiger partial charge >= 0.3 is 0 Å². The van der Waals surface area contributed by atoms with Gasteiger partial charge in [0.25, 0.3) is 0 Å². The van der Waals surface area contributed by atoms with Crippen LogP contribution in [0.4, 0.5) is 0 Å². The number of methoxy groups -OCH3 is 2. The quantitative estimate of drug-likeness (QED) is 0.371. The fraction of sp³-hybridized carbons (Fsp3) is 0.192. The van der Waals surface area contributed by atoms with Crippen LogP contribution in [0, 0.1) is 0 Å². The number of aromatic nitrogens is 2. The zero-order valence-corrected chi connectivity index (χ0v) is 17.8. The van der Waals surface area contributed by atoms with Crippen LogP contribution < -0.4 is 9.47 Å². The van der Waals surface area contributed by atoms with Crippen molar-refractivity contribution in [2.75, 3.05) is 14.2 Å². The van der Waals surface area contributed by atoms with E-state index in [1.54, 1.807) is 14.2 Å². The SMILES string of the molecule is COc1cccc(Cn2cnc(-c3ccccc3OC)c2COCc2ccccc2)c1. The molecule has 0 bridgehead atoms. The average molecular weight is 415 g/mol. The molecule has 0 saturated carbocycles. The van der Waals surface area contributed by atoms with E-state index in [1.807, 2.05) is 67.0 Å². The van der Waals surface area contributed by atoms with E-state index in [0.29, 0.717) is 19.8 Å². The maximum Gasteiger partial charge on any atom is 0.128 e. The Hall–Kier alpha value is -3.57. The normalized spacial score (nSPS) is 10.8. The standard InChI is InChI=1S/C26H26N2O3/c1-29-22-12-8-11-21(15-22)16-28-19-27-26(23-13-6-7-14-25(23)30-2)24(28)18-31-17-20-9-4-3-5-10-20/h3-15,19H,16-18H2,1-2H3. The van der Waals surface area contributed by atoms with Gasteiger partial charge in [0.15, 0.2) is 0 Å². The van der Waals surface area contributed by atoms with E-state index in [1.165, 1.54) is 0 Å². The van der Waals surface area contributed by atoms with Crippen molar-refractivity contribution in [3.05, 3.63) is 102 Å². The van der Waals surface area contributed by atoms with Crippen LogP contribution in [0.25, 0.3) is 11.3 Å². The van der Waals surface area contributed by atoms with Crippen molar-refractivity contribution >= 4 is 0 Å². The predicted octanol–water partition coefficient (Wildman–Crippen LogP) is 5.33. The minimum atomic E-state index is 0.437. The highest BCUT2D eigenvalue weighted by atomic mass is 16.5. The molecule has 0 aliphatic carbocycles. The van der Waals surface area contributed by atoms with E-state index in [9.17, 15) is 0 Å². The Balaban J connectivity index is 1.64. The largest absolute Gasteiger partial charge is 0.497 e. The Morgan fingerprint density at radius 3 is 2.35 bits per heavy atom. The molecule has 4 aromatic rings. The second kappa shape index (κ2) is 9.96. The van der Waals surface area contributed by atoms with Crippen LogP contribution in [0.1, 0.15) is 16.8 Å². The highest BCUT2D eigenvalue weighted by Gasteiger charge is 2.17. The van der Waals surface area contributed by atoms with Gasteiger partial charge in [0.1, 0.15) is 11.5 Å². The Morgan fingerprint density at radius 2 is 1.55 bits per heavy atom. The van der Waals surface area contributed by atoms with Crippen molar-refractivity contribution in [2.45, 2.75) is 19.8 Å². The monoisotopic (exact) mass is 414 g/mol. The van der Waals surface area contributed by atoms with Gasteiger partial charge in [-0.25, -0.2) is 4.98 Å². The first-order valence-electron chi connectivity index (χ1n) is 10.2. The molecule has 0 N–H and O–H groups in total. The summed E-state index contributed by atoms with van der Waals surface area (Å²) in [5.74, 6) is 1.63. The third-order valence-electron chi connectivity index (χ3n) is 5.15. The van der Waals surface area contributed by atoms with Crippen molar-refractivity contribution in [2.24, 2.45) is 0 Å². The van der Waals surface area contributed by atoms with Crippen molar-refractivity contribution in [1.29, 1.82) is 0 Å². The Morgan fingerprint density at radius 1 is 0.774 bits per heavy atom. The first-order chi connectivity index (χ1) is 15.3. The van der Waals surface area contributed by atoms with Crippen molar-refractivity contribution < 1.29 is 14.2 Å².